The quantitative estimate of drug-likeness (QED) is 0.203. The summed E-state index contributed by atoms with van der Waals surface area (Å²) in [5.74, 6) is 0.803. The van der Waals surface area contributed by atoms with Gasteiger partial charge in [-0.15, -0.1) is 24.0 Å². The van der Waals surface area contributed by atoms with E-state index in [1.165, 1.54) is 6.42 Å². The van der Waals surface area contributed by atoms with Crippen LogP contribution in [0, 0.1) is 0 Å². The van der Waals surface area contributed by atoms with Crippen LogP contribution in [0.4, 0.5) is 0 Å². The van der Waals surface area contributed by atoms with E-state index in [-0.39, 0.29) is 24.0 Å². The molecule has 1 aliphatic rings. The minimum Gasteiger partial charge on any atom is -0.388 e. The number of ether oxygens (including phenoxy) is 1. The van der Waals surface area contributed by atoms with Gasteiger partial charge in [0, 0.05) is 39.9 Å². The number of nitrogens with zero attached hydrogens (tertiary/aromatic N) is 2. The zero-order valence-corrected chi connectivity index (χ0v) is 18.0. The van der Waals surface area contributed by atoms with Crippen molar-refractivity contribution < 1.29 is 9.84 Å². The molecule has 0 unspecified atom stereocenters. The number of aliphatic imine (C=N–C) groups is 1. The molecule has 6 nitrogen and oxygen atoms in total. The van der Waals surface area contributed by atoms with Gasteiger partial charge in [0.2, 0.25) is 0 Å². The van der Waals surface area contributed by atoms with Crippen molar-refractivity contribution in [2.45, 2.75) is 51.0 Å². The first-order chi connectivity index (χ1) is 11.1. The number of guanidine groups is 1. The maximum Gasteiger partial charge on any atom is 0.191 e. The minimum absolute atomic E-state index is 0. The molecule has 3 N–H and O–H groups in total. The Morgan fingerprint density at radius 1 is 1.21 bits per heavy atom. The molecule has 1 saturated carbocycles. The van der Waals surface area contributed by atoms with Crippen molar-refractivity contribution in [1.29, 1.82) is 0 Å². The van der Waals surface area contributed by atoms with E-state index in [4.69, 9.17) is 4.74 Å². The molecule has 0 aromatic carbocycles. The Hall–Kier alpha value is -0.120. The van der Waals surface area contributed by atoms with Crippen molar-refractivity contribution in [3.63, 3.8) is 0 Å². The molecule has 0 saturated heterocycles. The van der Waals surface area contributed by atoms with Gasteiger partial charge in [-0.2, -0.15) is 0 Å². The van der Waals surface area contributed by atoms with Crippen molar-refractivity contribution in [1.82, 2.24) is 15.5 Å². The zero-order valence-electron chi connectivity index (χ0n) is 15.6. The fraction of sp³-hybridized carbons (Fsp3) is 0.941. The van der Waals surface area contributed by atoms with Gasteiger partial charge in [-0.05, 0) is 33.2 Å². The van der Waals surface area contributed by atoms with Gasteiger partial charge in [0.1, 0.15) is 0 Å². The Labute approximate surface area is 164 Å². The van der Waals surface area contributed by atoms with E-state index in [2.05, 4.69) is 34.5 Å². The topological polar surface area (TPSA) is 69.1 Å². The number of methoxy groups -OCH3 is 1. The molecule has 1 rings (SSSR count). The van der Waals surface area contributed by atoms with Crippen LogP contribution in [0.1, 0.15) is 45.4 Å². The lowest BCUT2D eigenvalue weighted by Crippen LogP contribution is -2.43. The van der Waals surface area contributed by atoms with Gasteiger partial charge in [0.05, 0.1) is 12.1 Å². The molecule has 0 aliphatic heterocycles. The lowest BCUT2D eigenvalue weighted by molar-refractivity contribution is 0.0131. The smallest absolute Gasteiger partial charge is 0.191 e. The van der Waals surface area contributed by atoms with E-state index < -0.39 is 5.60 Å². The van der Waals surface area contributed by atoms with E-state index in [0.29, 0.717) is 6.54 Å². The van der Waals surface area contributed by atoms with Crippen molar-refractivity contribution in [3.05, 3.63) is 0 Å². The van der Waals surface area contributed by atoms with E-state index in [9.17, 15) is 5.11 Å². The number of hydrogen-bond donors (Lipinski definition) is 3. The lowest BCUT2D eigenvalue weighted by atomic mass is 9.85. The van der Waals surface area contributed by atoms with E-state index in [1.54, 1.807) is 7.11 Å². The van der Waals surface area contributed by atoms with Gasteiger partial charge in [-0.1, -0.05) is 19.3 Å². The number of nitrogens with one attached hydrogen (secondary N) is 2. The van der Waals surface area contributed by atoms with Crippen molar-refractivity contribution >= 4 is 29.9 Å². The summed E-state index contributed by atoms with van der Waals surface area (Å²) in [6.07, 6.45) is 6.26. The van der Waals surface area contributed by atoms with Gasteiger partial charge < -0.3 is 25.4 Å². The summed E-state index contributed by atoms with van der Waals surface area (Å²) in [4.78, 5) is 6.87. The molecule has 0 aromatic heterocycles. The summed E-state index contributed by atoms with van der Waals surface area (Å²) in [6.45, 7) is 7.01. The molecule has 1 aliphatic carbocycles. The van der Waals surface area contributed by atoms with Crippen LogP contribution in [0.2, 0.25) is 0 Å². The minimum atomic E-state index is -0.600. The van der Waals surface area contributed by atoms with Crippen LogP contribution in [-0.2, 0) is 4.74 Å². The van der Waals surface area contributed by atoms with Gasteiger partial charge in [-0.3, -0.25) is 4.99 Å². The van der Waals surface area contributed by atoms with E-state index in [1.807, 2.05) is 0 Å². The Bertz CT molecular complexity index is 337. The van der Waals surface area contributed by atoms with Gasteiger partial charge in [0.25, 0.3) is 0 Å². The molecule has 24 heavy (non-hydrogen) atoms. The fourth-order valence-corrected chi connectivity index (χ4v) is 2.89. The Kier molecular flexibility index (Phi) is 14.0. The molecule has 0 atom stereocenters. The summed E-state index contributed by atoms with van der Waals surface area (Å²) >= 11 is 0. The normalized spacial score (nSPS) is 17.5. The van der Waals surface area contributed by atoms with Gasteiger partial charge >= 0.3 is 0 Å². The predicted octanol–water partition coefficient (Wildman–Crippen LogP) is 1.82. The SMILES string of the molecule is CCNC(=NCC1(O)CCCCC1)NCCN(C)CCCOC.I. The molecule has 0 spiro atoms. The Balaban J connectivity index is 0.00000529. The highest BCUT2D eigenvalue weighted by Gasteiger charge is 2.28. The van der Waals surface area contributed by atoms with Crippen LogP contribution in [-0.4, -0.2) is 75.1 Å². The molecule has 7 heteroatoms. The van der Waals surface area contributed by atoms with Crippen LogP contribution >= 0.6 is 24.0 Å². The second-order valence-electron chi connectivity index (χ2n) is 6.56. The first-order valence-electron chi connectivity index (χ1n) is 9.01. The standard InChI is InChI=1S/C17H36N4O2.HI/c1-4-18-16(19-11-13-21(2)12-8-14-23-3)20-15-17(22)9-6-5-7-10-17;/h22H,4-15H2,1-3H3,(H2,18,19,20);1H. The second kappa shape index (κ2) is 14.1. The molecule has 0 aromatic rings. The second-order valence-corrected chi connectivity index (χ2v) is 6.56. The summed E-state index contributed by atoms with van der Waals surface area (Å²) < 4.78 is 5.07. The fourth-order valence-electron chi connectivity index (χ4n) is 2.89. The third-order valence-electron chi connectivity index (χ3n) is 4.33. The highest BCUT2D eigenvalue weighted by Crippen LogP contribution is 2.28. The number of rotatable bonds is 10. The Morgan fingerprint density at radius 2 is 1.92 bits per heavy atom. The van der Waals surface area contributed by atoms with Crippen LogP contribution in [0.25, 0.3) is 0 Å². The first kappa shape index (κ1) is 23.9. The molecule has 144 valence electrons. The average Bonchev–Trinajstić information content (AvgIpc) is 2.54. The molecular formula is C17H37IN4O2. The monoisotopic (exact) mass is 456 g/mol. The maximum absolute atomic E-state index is 10.5. The first-order valence-corrected chi connectivity index (χ1v) is 9.01. The highest BCUT2D eigenvalue weighted by atomic mass is 127. The Morgan fingerprint density at radius 3 is 2.54 bits per heavy atom. The van der Waals surface area contributed by atoms with Crippen molar-refractivity contribution in [3.8, 4) is 0 Å². The lowest BCUT2D eigenvalue weighted by Gasteiger charge is -2.30. The average molecular weight is 456 g/mol. The number of aliphatic hydroxyl groups is 1. The van der Waals surface area contributed by atoms with Crippen LogP contribution < -0.4 is 10.6 Å². The third-order valence-corrected chi connectivity index (χ3v) is 4.33. The van der Waals surface area contributed by atoms with Crippen LogP contribution in [0.3, 0.4) is 0 Å². The van der Waals surface area contributed by atoms with E-state index >= 15 is 0 Å². The van der Waals surface area contributed by atoms with Gasteiger partial charge in [-0.25, -0.2) is 0 Å². The number of hydrogen-bond acceptors (Lipinski definition) is 4. The molecule has 0 bridgehead atoms. The largest absolute Gasteiger partial charge is 0.388 e. The third kappa shape index (κ3) is 10.7. The summed E-state index contributed by atoms with van der Waals surface area (Å²) in [7, 11) is 3.85. The summed E-state index contributed by atoms with van der Waals surface area (Å²) in [6, 6.07) is 0. The summed E-state index contributed by atoms with van der Waals surface area (Å²) in [5, 5.41) is 17.1. The molecular weight excluding hydrogens is 419 g/mol. The number of halogens is 1. The van der Waals surface area contributed by atoms with Crippen molar-refractivity contribution in [2.75, 3.05) is 53.5 Å². The van der Waals surface area contributed by atoms with Crippen LogP contribution in [0.5, 0.6) is 0 Å². The zero-order chi connectivity index (χ0) is 17.0. The molecule has 0 radical (unpaired) electrons. The van der Waals surface area contributed by atoms with Crippen molar-refractivity contribution in [2.24, 2.45) is 4.99 Å². The van der Waals surface area contributed by atoms with Crippen LogP contribution in [0.15, 0.2) is 4.99 Å². The molecule has 0 amide bonds. The van der Waals surface area contributed by atoms with E-state index in [0.717, 1.165) is 70.8 Å². The highest BCUT2D eigenvalue weighted by molar-refractivity contribution is 14.0. The summed E-state index contributed by atoms with van der Waals surface area (Å²) in [5.41, 5.74) is -0.600. The molecule has 1 fully saturated rings. The predicted molar refractivity (Wildman–Crippen MR) is 111 cm³/mol. The van der Waals surface area contributed by atoms with Gasteiger partial charge in [0.15, 0.2) is 5.96 Å². The molecule has 0 heterocycles. The maximum atomic E-state index is 10.5. The number of likely N-dealkylation sites (N-methyl/N-ethyl adjacent to an activating group) is 1.